The van der Waals surface area contributed by atoms with Gasteiger partial charge in [-0.05, 0) is 30.5 Å². The number of rotatable bonds is 1. The molecule has 76 valence electrons. The Labute approximate surface area is 83.9 Å². The summed E-state index contributed by atoms with van der Waals surface area (Å²) in [5, 5.41) is -0.287. The molecular weight excluding hydrogens is 198 g/mol. The highest BCUT2D eigenvalue weighted by molar-refractivity contribution is 7.92. The van der Waals surface area contributed by atoms with Gasteiger partial charge < -0.3 is 5.73 Å². The van der Waals surface area contributed by atoms with Gasteiger partial charge in [0.1, 0.15) is 0 Å². The van der Waals surface area contributed by atoms with Crippen molar-refractivity contribution in [2.24, 2.45) is 5.73 Å². The number of sulfone groups is 1. The Morgan fingerprint density at radius 2 is 2.21 bits per heavy atom. The largest absolute Gasteiger partial charge is 0.326 e. The molecular formula is C10H13NO2S. The predicted octanol–water partition coefficient (Wildman–Crippen LogP) is 0.864. The second-order valence-electron chi connectivity index (χ2n) is 3.71. The van der Waals surface area contributed by atoms with Gasteiger partial charge in [-0.2, -0.15) is 0 Å². The standard InChI is InChI=1S/C10H13NO2S/c1-7-4-9-3-2-8(6-11)5-10(9)14(7,12)13/h2-3,5,7H,4,6,11H2,1H3. The van der Waals surface area contributed by atoms with Crippen LogP contribution in [0.25, 0.3) is 0 Å². The predicted molar refractivity (Wildman–Crippen MR) is 54.7 cm³/mol. The summed E-state index contributed by atoms with van der Waals surface area (Å²) in [4.78, 5) is 0.480. The molecule has 1 aliphatic heterocycles. The van der Waals surface area contributed by atoms with Crippen LogP contribution in [0.3, 0.4) is 0 Å². The van der Waals surface area contributed by atoms with Crippen molar-refractivity contribution in [2.45, 2.75) is 30.0 Å². The van der Waals surface area contributed by atoms with Gasteiger partial charge in [0.15, 0.2) is 9.84 Å². The van der Waals surface area contributed by atoms with Crippen molar-refractivity contribution in [3.8, 4) is 0 Å². The van der Waals surface area contributed by atoms with E-state index in [0.717, 1.165) is 11.1 Å². The lowest BCUT2D eigenvalue weighted by Gasteiger charge is -2.02. The first kappa shape index (κ1) is 9.68. The zero-order chi connectivity index (χ0) is 10.3. The first-order valence-electron chi connectivity index (χ1n) is 4.61. The Morgan fingerprint density at radius 1 is 1.50 bits per heavy atom. The van der Waals surface area contributed by atoms with Crippen LogP contribution in [-0.2, 0) is 22.8 Å². The van der Waals surface area contributed by atoms with Crippen molar-refractivity contribution in [3.05, 3.63) is 29.3 Å². The number of hydrogen-bond donors (Lipinski definition) is 1. The summed E-state index contributed by atoms with van der Waals surface area (Å²) in [5.41, 5.74) is 7.27. The number of fused-ring (bicyclic) bond motifs is 1. The molecule has 2 rings (SSSR count). The van der Waals surface area contributed by atoms with Crippen molar-refractivity contribution >= 4 is 9.84 Å². The van der Waals surface area contributed by atoms with Crippen molar-refractivity contribution in [1.29, 1.82) is 0 Å². The first-order valence-corrected chi connectivity index (χ1v) is 6.16. The molecule has 0 bridgehead atoms. The molecule has 3 nitrogen and oxygen atoms in total. The molecule has 1 aliphatic rings. The summed E-state index contributed by atoms with van der Waals surface area (Å²) >= 11 is 0. The van der Waals surface area contributed by atoms with E-state index in [1.807, 2.05) is 12.1 Å². The van der Waals surface area contributed by atoms with Gasteiger partial charge >= 0.3 is 0 Å². The Balaban J connectivity index is 2.63. The minimum absolute atomic E-state index is 0.287. The minimum Gasteiger partial charge on any atom is -0.326 e. The molecule has 0 saturated heterocycles. The van der Waals surface area contributed by atoms with Crippen molar-refractivity contribution in [3.63, 3.8) is 0 Å². The number of benzene rings is 1. The molecule has 0 aromatic heterocycles. The lowest BCUT2D eigenvalue weighted by atomic mass is 10.1. The third-order valence-corrected chi connectivity index (χ3v) is 4.93. The average Bonchev–Trinajstić information content (AvgIpc) is 2.38. The fourth-order valence-electron chi connectivity index (χ4n) is 1.80. The lowest BCUT2D eigenvalue weighted by Crippen LogP contribution is -2.11. The summed E-state index contributed by atoms with van der Waals surface area (Å²) in [5.74, 6) is 0. The SMILES string of the molecule is CC1Cc2ccc(CN)cc2S1(=O)=O. The summed E-state index contributed by atoms with van der Waals surface area (Å²) in [6.45, 7) is 2.13. The molecule has 1 heterocycles. The van der Waals surface area contributed by atoms with E-state index < -0.39 is 9.84 Å². The molecule has 0 radical (unpaired) electrons. The van der Waals surface area contributed by atoms with Gasteiger partial charge in [0.25, 0.3) is 0 Å². The van der Waals surface area contributed by atoms with E-state index >= 15 is 0 Å². The fourth-order valence-corrected chi connectivity index (χ4v) is 3.46. The van der Waals surface area contributed by atoms with Crippen molar-refractivity contribution < 1.29 is 8.42 Å². The van der Waals surface area contributed by atoms with E-state index in [1.54, 1.807) is 13.0 Å². The van der Waals surface area contributed by atoms with Crippen LogP contribution in [0.2, 0.25) is 0 Å². The monoisotopic (exact) mass is 211 g/mol. The molecule has 2 N–H and O–H groups in total. The Morgan fingerprint density at radius 3 is 2.86 bits per heavy atom. The lowest BCUT2D eigenvalue weighted by molar-refractivity contribution is 0.590. The summed E-state index contributed by atoms with van der Waals surface area (Å²) in [6.07, 6.45) is 0.627. The molecule has 1 aromatic rings. The Kier molecular flexibility index (Phi) is 2.12. The van der Waals surface area contributed by atoms with Crippen LogP contribution in [0.5, 0.6) is 0 Å². The van der Waals surface area contributed by atoms with Gasteiger partial charge in [0, 0.05) is 6.54 Å². The van der Waals surface area contributed by atoms with Gasteiger partial charge in [-0.15, -0.1) is 0 Å². The summed E-state index contributed by atoms with van der Waals surface area (Å²) in [6, 6.07) is 5.47. The van der Waals surface area contributed by atoms with Crippen LogP contribution in [0, 0.1) is 0 Å². The van der Waals surface area contributed by atoms with E-state index in [0.29, 0.717) is 17.9 Å². The average molecular weight is 211 g/mol. The van der Waals surface area contributed by atoms with E-state index in [9.17, 15) is 8.42 Å². The van der Waals surface area contributed by atoms with Crippen molar-refractivity contribution in [1.82, 2.24) is 0 Å². The van der Waals surface area contributed by atoms with Gasteiger partial charge in [0.05, 0.1) is 10.1 Å². The maximum Gasteiger partial charge on any atom is 0.181 e. The molecule has 0 spiro atoms. The third-order valence-electron chi connectivity index (χ3n) is 2.71. The second-order valence-corrected chi connectivity index (χ2v) is 6.04. The summed E-state index contributed by atoms with van der Waals surface area (Å²) in [7, 11) is -3.07. The van der Waals surface area contributed by atoms with Crippen LogP contribution < -0.4 is 5.73 Å². The highest BCUT2D eigenvalue weighted by Crippen LogP contribution is 2.31. The minimum atomic E-state index is -3.07. The van der Waals surface area contributed by atoms with Crippen LogP contribution in [-0.4, -0.2) is 13.7 Å². The van der Waals surface area contributed by atoms with Crippen LogP contribution in [0.15, 0.2) is 23.1 Å². The normalized spacial score (nSPS) is 23.4. The number of nitrogens with two attached hydrogens (primary N) is 1. The van der Waals surface area contributed by atoms with Gasteiger partial charge in [-0.1, -0.05) is 12.1 Å². The maximum absolute atomic E-state index is 11.8. The first-order chi connectivity index (χ1) is 6.55. The quantitative estimate of drug-likeness (QED) is 0.749. The second kappa shape index (κ2) is 3.07. The van der Waals surface area contributed by atoms with Crippen molar-refractivity contribution in [2.75, 3.05) is 0 Å². The van der Waals surface area contributed by atoms with Gasteiger partial charge in [-0.25, -0.2) is 8.42 Å². The molecule has 1 unspecified atom stereocenters. The Hall–Kier alpha value is -0.870. The summed E-state index contributed by atoms with van der Waals surface area (Å²) < 4.78 is 23.6. The fraction of sp³-hybridized carbons (Fsp3) is 0.400. The topological polar surface area (TPSA) is 60.2 Å². The molecule has 0 amide bonds. The van der Waals surface area contributed by atoms with E-state index in [4.69, 9.17) is 5.73 Å². The molecule has 0 fully saturated rings. The highest BCUT2D eigenvalue weighted by atomic mass is 32.2. The third kappa shape index (κ3) is 1.26. The van der Waals surface area contributed by atoms with E-state index in [1.165, 1.54) is 0 Å². The van der Waals surface area contributed by atoms with Gasteiger partial charge in [-0.3, -0.25) is 0 Å². The van der Waals surface area contributed by atoms with Crippen LogP contribution in [0.4, 0.5) is 0 Å². The molecule has 0 saturated carbocycles. The molecule has 1 aromatic carbocycles. The Bertz CT molecular complexity index is 465. The van der Waals surface area contributed by atoms with Crippen LogP contribution >= 0.6 is 0 Å². The molecule has 14 heavy (non-hydrogen) atoms. The smallest absolute Gasteiger partial charge is 0.181 e. The highest BCUT2D eigenvalue weighted by Gasteiger charge is 2.33. The number of hydrogen-bond acceptors (Lipinski definition) is 3. The zero-order valence-electron chi connectivity index (χ0n) is 8.03. The van der Waals surface area contributed by atoms with Gasteiger partial charge in [0.2, 0.25) is 0 Å². The zero-order valence-corrected chi connectivity index (χ0v) is 8.84. The molecule has 0 aliphatic carbocycles. The maximum atomic E-state index is 11.8. The molecule has 4 heteroatoms. The van der Waals surface area contributed by atoms with Crippen LogP contribution in [0.1, 0.15) is 18.1 Å². The molecule has 1 atom stereocenters. The van der Waals surface area contributed by atoms with E-state index in [2.05, 4.69) is 0 Å². The van der Waals surface area contributed by atoms with E-state index in [-0.39, 0.29) is 5.25 Å².